The minimum Gasteiger partial charge on any atom is -0.476 e. The number of nitriles is 1. The van der Waals surface area contributed by atoms with Gasteiger partial charge in [0.05, 0.1) is 6.61 Å². The van der Waals surface area contributed by atoms with Crippen molar-refractivity contribution in [1.29, 1.82) is 5.26 Å². The highest BCUT2D eigenvalue weighted by Crippen LogP contribution is 2.30. The number of anilines is 1. The zero-order chi connectivity index (χ0) is 20.5. The van der Waals surface area contributed by atoms with E-state index in [0.29, 0.717) is 25.4 Å². The smallest absolute Gasteiger partial charge is 0.412 e. The third-order valence-electron chi connectivity index (χ3n) is 4.14. The summed E-state index contributed by atoms with van der Waals surface area (Å²) in [6.07, 6.45) is 1.85. The number of rotatable bonds is 7. The van der Waals surface area contributed by atoms with E-state index in [2.05, 4.69) is 21.9 Å². The first-order chi connectivity index (χ1) is 13.4. The summed E-state index contributed by atoms with van der Waals surface area (Å²) in [7, 11) is 0. The summed E-state index contributed by atoms with van der Waals surface area (Å²) in [5, 5.41) is 20.2. The highest BCUT2D eigenvalue weighted by molar-refractivity contribution is 6.32. The highest BCUT2D eigenvalue weighted by atomic mass is 35.5. The molecule has 2 heterocycles. The Bertz CT molecular complexity index is 774. The molecule has 0 aromatic carbocycles. The zero-order valence-corrected chi connectivity index (χ0v) is 15.8. The highest BCUT2D eigenvalue weighted by Gasteiger charge is 2.23. The second-order valence-electron chi connectivity index (χ2n) is 5.99. The molecule has 1 fully saturated rings. The van der Waals surface area contributed by atoms with Crippen molar-refractivity contribution in [2.24, 2.45) is 5.92 Å². The Morgan fingerprint density at radius 2 is 2.14 bits per heavy atom. The lowest BCUT2D eigenvalue weighted by atomic mass is 9.94. The van der Waals surface area contributed by atoms with Gasteiger partial charge in [0.15, 0.2) is 5.15 Å². The molecule has 0 bridgehead atoms. The van der Waals surface area contributed by atoms with E-state index in [9.17, 15) is 9.59 Å². The number of nitrogens with zero attached hydrogens (tertiary/aromatic N) is 4. The lowest BCUT2D eigenvalue weighted by molar-refractivity contribution is 0.119. The molecule has 0 aliphatic carbocycles. The maximum absolute atomic E-state index is 11.8. The number of hydrogen-bond acceptors (Lipinski definition) is 7. The number of carboxylic acid groups (broad SMARTS) is 1. The van der Waals surface area contributed by atoms with E-state index < -0.39 is 12.2 Å². The van der Waals surface area contributed by atoms with Gasteiger partial charge in [-0.2, -0.15) is 10.2 Å². The van der Waals surface area contributed by atoms with Crippen molar-refractivity contribution < 1.29 is 24.2 Å². The van der Waals surface area contributed by atoms with Gasteiger partial charge in [0, 0.05) is 13.1 Å². The minimum absolute atomic E-state index is 0.00577. The van der Waals surface area contributed by atoms with Gasteiger partial charge in [-0.3, -0.25) is 5.32 Å². The number of amides is 2. The summed E-state index contributed by atoms with van der Waals surface area (Å²) < 4.78 is 10.5. The van der Waals surface area contributed by atoms with Crippen LogP contribution in [0.1, 0.15) is 25.1 Å². The Hall–Kier alpha value is -3.06. The Balaban J connectivity index is 1.98. The first-order valence-corrected chi connectivity index (χ1v) is 8.95. The van der Waals surface area contributed by atoms with Gasteiger partial charge in [-0.1, -0.05) is 24.3 Å². The van der Waals surface area contributed by atoms with Gasteiger partial charge >= 0.3 is 12.2 Å². The Morgan fingerprint density at radius 1 is 1.43 bits per heavy atom. The predicted octanol–water partition coefficient (Wildman–Crippen LogP) is 2.90. The molecule has 1 aromatic rings. The molecule has 1 aliphatic rings. The second-order valence-corrected chi connectivity index (χ2v) is 6.35. The van der Waals surface area contributed by atoms with Gasteiger partial charge < -0.3 is 19.5 Å². The van der Waals surface area contributed by atoms with Gasteiger partial charge in [0.1, 0.15) is 18.4 Å². The summed E-state index contributed by atoms with van der Waals surface area (Å²) in [4.78, 5) is 31.8. The standard InChI is InChI=1S/C17H20ClN5O5/c1-2-8-28-16(24)22-13-14(18)20-12(10-19)21-15(13)27-9-5-11-3-6-23(7-4-11)17(25)26/h2,11H,1,3-9H2,(H,22,24)(H,25,26). The van der Waals surface area contributed by atoms with E-state index in [1.54, 1.807) is 6.07 Å². The molecule has 0 radical (unpaired) electrons. The topological polar surface area (TPSA) is 138 Å². The number of hydrogen-bond donors (Lipinski definition) is 2. The average Bonchev–Trinajstić information content (AvgIpc) is 2.68. The van der Waals surface area contributed by atoms with Crippen LogP contribution in [0.25, 0.3) is 0 Å². The van der Waals surface area contributed by atoms with Crippen molar-refractivity contribution in [3.63, 3.8) is 0 Å². The van der Waals surface area contributed by atoms with Crippen LogP contribution in [0.15, 0.2) is 12.7 Å². The van der Waals surface area contributed by atoms with Gasteiger partial charge in [0.25, 0.3) is 0 Å². The Morgan fingerprint density at radius 3 is 2.75 bits per heavy atom. The third-order valence-corrected chi connectivity index (χ3v) is 4.41. The van der Waals surface area contributed by atoms with E-state index in [-0.39, 0.29) is 35.8 Å². The normalized spacial score (nSPS) is 14.1. The number of aromatic nitrogens is 2. The summed E-state index contributed by atoms with van der Waals surface area (Å²) >= 11 is 6.03. The number of carbonyl (C=O) groups excluding carboxylic acids is 1. The zero-order valence-electron chi connectivity index (χ0n) is 15.1. The Labute approximate surface area is 166 Å². The molecule has 1 aromatic heterocycles. The van der Waals surface area contributed by atoms with Crippen molar-refractivity contribution in [3.05, 3.63) is 23.6 Å². The molecule has 0 spiro atoms. The largest absolute Gasteiger partial charge is 0.476 e. The van der Waals surface area contributed by atoms with Crippen molar-refractivity contribution in [1.82, 2.24) is 14.9 Å². The summed E-state index contributed by atoms with van der Waals surface area (Å²) in [5.41, 5.74) is 0.00965. The van der Waals surface area contributed by atoms with E-state index in [4.69, 9.17) is 31.4 Å². The molecule has 150 valence electrons. The molecule has 1 saturated heterocycles. The second kappa shape index (κ2) is 10.3. The van der Waals surface area contributed by atoms with Crippen LogP contribution in [-0.2, 0) is 4.74 Å². The van der Waals surface area contributed by atoms with Crippen LogP contribution in [-0.4, -0.2) is 58.5 Å². The third kappa shape index (κ3) is 5.99. The van der Waals surface area contributed by atoms with Crippen LogP contribution in [0.4, 0.5) is 15.3 Å². The van der Waals surface area contributed by atoms with Crippen molar-refractivity contribution in [3.8, 4) is 11.9 Å². The summed E-state index contributed by atoms with van der Waals surface area (Å²) in [5.74, 6) is 0.0761. The number of nitrogens with one attached hydrogen (secondary N) is 1. The molecular weight excluding hydrogens is 390 g/mol. The first-order valence-electron chi connectivity index (χ1n) is 8.57. The quantitative estimate of drug-likeness (QED) is 0.517. The number of likely N-dealkylation sites (tertiary alicyclic amines) is 1. The lowest BCUT2D eigenvalue weighted by Crippen LogP contribution is -2.37. The number of piperidine rings is 1. The molecule has 28 heavy (non-hydrogen) atoms. The lowest BCUT2D eigenvalue weighted by Gasteiger charge is -2.29. The first kappa shape index (κ1) is 21.2. The average molecular weight is 410 g/mol. The van der Waals surface area contributed by atoms with E-state index in [1.165, 1.54) is 11.0 Å². The maximum atomic E-state index is 11.8. The molecule has 1 aliphatic heterocycles. The van der Waals surface area contributed by atoms with E-state index in [0.717, 1.165) is 12.8 Å². The van der Waals surface area contributed by atoms with Gasteiger partial charge in [-0.15, -0.1) is 0 Å². The molecule has 2 N–H and O–H groups in total. The molecule has 2 rings (SSSR count). The summed E-state index contributed by atoms with van der Waals surface area (Å²) in [6.45, 7) is 4.68. The van der Waals surface area contributed by atoms with Gasteiger partial charge in [-0.05, 0) is 25.2 Å². The molecule has 0 atom stereocenters. The molecule has 2 amide bonds. The monoisotopic (exact) mass is 409 g/mol. The predicted molar refractivity (Wildman–Crippen MR) is 99.4 cm³/mol. The fourth-order valence-electron chi connectivity index (χ4n) is 2.68. The molecule has 11 heteroatoms. The van der Waals surface area contributed by atoms with Crippen LogP contribution >= 0.6 is 11.6 Å². The van der Waals surface area contributed by atoms with Crippen molar-refractivity contribution >= 4 is 29.5 Å². The molecule has 0 saturated carbocycles. The number of carbonyl (C=O) groups is 2. The Kier molecular flexibility index (Phi) is 7.83. The van der Waals surface area contributed by atoms with E-state index >= 15 is 0 Å². The van der Waals surface area contributed by atoms with Gasteiger partial charge in [0.2, 0.25) is 11.7 Å². The van der Waals surface area contributed by atoms with Crippen LogP contribution in [0.2, 0.25) is 5.15 Å². The van der Waals surface area contributed by atoms with Crippen LogP contribution in [0, 0.1) is 17.2 Å². The molecule has 10 nitrogen and oxygen atoms in total. The van der Waals surface area contributed by atoms with Gasteiger partial charge in [-0.25, -0.2) is 14.6 Å². The van der Waals surface area contributed by atoms with Crippen LogP contribution in [0.3, 0.4) is 0 Å². The fourth-order valence-corrected chi connectivity index (χ4v) is 2.89. The van der Waals surface area contributed by atoms with Crippen LogP contribution in [0.5, 0.6) is 5.88 Å². The van der Waals surface area contributed by atoms with E-state index in [1.807, 2.05) is 0 Å². The number of halogens is 1. The molecular formula is C17H20ClN5O5. The summed E-state index contributed by atoms with van der Waals surface area (Å²) in [6, 6.07) is 1.77. The van der Waals surface area contributed by atoms with Crippen LogP contribution < -0.4 is 10.1 Å². The minimum atomic E-state index is -0.909. The fraction of sp³-hybridized carbons (Fsp3) is 0.471. The van der Waals surface area contributed by atoms with Crippen molar-refractivity contribution in [2.75, 3.05) is 31.6 Å². The molecule has 0 unspecified atom stereocenters. The SMILES string of the molecule is C=CCOC(=O)Nc1c(Cl)nc(C#N)nc1OCCC1CCN(C(=O)O)CC1. The maximum Gasteiger partial charge on any atom is 0.412 e. The van der Waals surface area contributed by atoms with Crippen molar-refractivity contribution in [2.45, 2.75) is 19.3 Å². The number of ether oxygens (including phenoxy) is 2.